The van der Waals surface area contributed by atoms with Gasteiger partial charge < -0.3 is 14.0 Å². The predicted octanol–water partition coefficient (Wildman–Crippen LogP) is 3.87. The molecular formula is C19H20N2O2. The smallest absolute Gasteiger partial charge is 0.140 e. The third-order valence-electron chi connectivity index (χ3n) is 3.80. The molecule has 0 aliphatic carbocycles. The molecule has 0 N–H and O–H groups in total. The summed E-state index contributed by atoms with van der Waals surface area (Å²) in [5.41, 5.74) is 3.35. The van der Waals surface area contributed by atoms with Crippen molar-refractivity contribution >= 4 is 0 Å². The molecule has 118 valence electrons. The van der Waals surface area contributed by atoms with Crippen molar-refractivity contribution in [3.05, 3.63) is 60.9 Å². The van der Waals surface area contributed by atoms with Crippen molar-refractivity contribution < 1.29 is 9.47 Å². The third-order valence-corrected chi connectivity index (χ3v) is 3.80. The zero-order valence-electron chi connectivity index (χ0n) is 13.4. The van der Waals surface area contributed by atoms with Crippen LogP contribution in [0.1, 0.15) is 0 Å². The van der Waals surface area contributed by atoms with Crippen molar-refractivity contribution in [1.29, 1.82) is 0 Å². The van der Waals surface area contributed by atoms with Crippen LogP contribution in [0.3, 0.4) is 0 Å². The van der Waals surface area contributed by atoms with Gasteiger partial charge in [-0.15, -0.1) is 0 Å². The minimum Gasteiger partial charge on any atom is -0.497 e. The number of hydrogen-bond acceptors (Lipinski definition) is 3. The maximum Gasteiger partial charge on any atom is 0.140 e. The van der Waals surface area contributed by atoms with Crippen LogP contribution in [-0.4, -0.2) is 30.4 Å². The van der Waals surface area contributed by atoms with E-state index in [0.717, 1.165) is 34.8 Å². The zero-order valence-corrected chi connectivity index (χ0v) is 13.4. The average Bonchev–Trinajstić information content (AvgIpc) is 3.08. The molecule has 4 heteroatoms. The van der Waals surface area contributed by atoms with Gasteiger partial charge >= 0.3 is 0 Å². The number of benzene rings is 2. The largest absolute Gasteiger partial charge is 0.497 e. The van der Waals surface area contributed by atoms with Gasteiger partial charge in [0, 0.05) is 31.6 Å². The molecule has 4 nitrogen and oxygen atoms in total. The molecule has 0 bridgehead atoms. The monoisotopic (exact) mass is 308 g/mol. The topological polar surface area (TPSA) is 36.3 Å². The van der Waals surface area contributed by atoms with Gasteiger partial charge in [-0.2, -0.15) is 0 Å². The maximum atomic E-state index is 5.40. The minimum atomic E-state index is 0.647. The predicted molar refractivity (Wildman–Crippen MR) is 91.5 cm³/mol. The highest BCUT2D eigenvalue weighted by molar-refractivity contribution is 5.81. The van der Waals surface area contributed by atoms with Gasteiger partial charge in [-0.05, 0) is 29.3 Å². The van der Waals surface area contributed by atoms with Crippen molar-refractivity contribution in [2.24, 2.45) is 0 Å². The van der Waals surface area contributed by atoms with E-state index in [4.69, 9.17) is 9.47 Å². The van der Waals surface area contributed by atoms with Crippen LogP contribution in [0.5, 0.6) is 5.75 Å². The fraction of sp³-hybridized carbons (Fsp3) is 0.211. The van der Waals surface area contributed by atoms with E-state index >= 15 is 0 Å². The number of nitrogens with zero attached hydrogens (tertiary/aromatic N) is 2. The van der Waals surface area contributed by atoms with Crippen LogP contribution in [0.4, 0.5) is 0 Å². The summed E-state index contributed by atoms with van der Waals surface area (Å²) in [7, 11) is 3.39. The van der Waals surface area contributed by atoms with Crippen LogP contribution in [0, 0.1) is 0 Å². The van der Waals surface area contributed by atoms with Crippen LogP contribution in [-0.2, 0) is 11.3 Å². The third kappa shape index (κ3) is 3.27. The fourth-order valence-electron chi connectivity index (χ4n) is 2.63. The molecule has 0 unspecified atom stereocenters. The first-order valence-corrected chi connectivity index (χ1v) is 7.57. The Morgan fingerprint density at radius 3 is 2.57 bits per heavy atom. The van der Waals surface area contributed by atoms with Gasteiger partial charge in [0.15, 0.2) is 0 Å². The summed E-state index contributed by atoms with van der Waals surface area (Å²) in [5, 5.41) is 0. The van der Waals surface area contributed by atoms with Gasteiger partial charge in [0.05, 0.1) is 13.7 Å². The molecule has 1 aromatic heterocycles. The second-order valence-electron chi connectivity index (χ2n) is 5.21. The van der Waals surface area contributed by atoms with E-state index < -0.39 is 0 Å². The van der Waals surface area contributed by atoms with E-state index in [1.807, 2.05) is 42.7 Å². The first-order valence-electron chi connectivity index (χ1n) is 7.57. The van der Waals surface area contributed by atoms with Crippen LogP contribution < -0.4 is 4.74 Å². The molecule has 2 aromatic carbocycles. The molecule has 0 amide bonds. The fourth-order valence-corrected chi connectivity index (χ4v) is 2.63. The van der Waals surface area contributed by atoms with Gasteiger partial charge in [-0.25, -0.2) is 4.98 Å². The highest BCUT2D eigenvalue weighted by Gasteiger charge is 2.13. The molecule has 1 heterocycles. The van der Waals surface area contributed by atoms with E-state index in [0.29, 0.717) is 6.61 Å². The molecule has 0 aliphatic rings. The molecule has 0 aliphatic heterocycles. The second kappa shape index (κ2) is 7.11. The quantitative estimate of drug-likeness (QED) is 0.693. The van der Waals surface area contributed by atoms with Gasteiger partial charge in [0.25, 0.3) is 0 Å². The van der Waals surface area contributed by atoms with E-state index in [2.05, 4.69) is 27.8 Å². The van der Waals surface area contributed by atoms with Crippen molar-refractivity contribution in [2.45, 2.75) is 6.54 Å². The highest BCUT2D eigenvalue weighted by Crippen LogP contribution is 2.34. The van der Waals surface area contributed by atoms with E-state index in [-0.39, 0.29) is 0 Å². The van der Waals surface area contributed by atoms with Crippen LogP contribution in [0.25, 0.3) is 22.5 Å². The number of imidazole rings is 1. The normalized spacial score (nSPS) is 10.7. The first kappa shape index (κ1) is 15.3. The lowest BCUT2D eigenvalue weighted by Gasteiger charge is -2.13. The molecule has 3 rings (SSSR count). The Balaban J connectivity index is 2.12. The summed E-state index contributed by atoms with van der Waals surface area (Å²) in [5.74, 6) is 1.74. The van der Waals surface area contributed by atoms with E-state index in [1.54, 1.807) is 14.2 Å². The molecule has 23 heavy (non-hydrogen) atoms. The number of methoxy groups -OCH3 is 2. The minimum absolute atomic E-state index is 0.647. The number of aromatic nitrogens is 2. The molecule has 0 saturated heterocycles. The molecular weight excluding hydrogens is 288 g/mol. The summed E-state index contributed by atoms with van der Waals surface area (Å²) in [6, 6.07) is 16.4. The Labute approximate surface area is 136 Å². The summed E-state index contributed by atoms with van der Waals surface area (Å²) in [6.45, 7) is 1.41. The molecule has 0 radical (unpaired) electrons. The average molecular weight is 308 g/mol. The zero-order chi connectivity index (χ0) is 16.1. The Bertz CT molecular complexity index is 766. The Kier molecular flexibility index (Phi) is 4.74. The SMILES string of the molecule is COCCn1ccnc1-c1cc(OC)ccc1-c1ccccc1. The van der Waals surface area contributed by atoms with Crippen LogP contribution >= 0.6 is 0 Å². The van der Waals surface area contributed by atoms with E-state index in [1.165, 1.54) is 0 Å². The first-order chi connectivity index (χ1) is 11.3. The van der Waals surface area contributed by atoms with Crippen LogP contribution in [0.15, 0.2) is 60.9 Å². The van der Waals surface area contributed by atoms with Crippen molar-refractivity contribution in [1.82, 2.24) is 9.55 Å². The summed E-state index contributed by atoms with van der Waals surface area (Å²) in [6.07, 6.45) is 3.79. The Hall–Kier alpha value is -2.59. The molecule has 3 aromatic rings. The van der Waals surface area contributed by atoms with Gasteiger partial charge in [0.1, 0.15) is 11.6 Å². The standard InChI is InChI=1S/C19H20N2O2/c1-22-13-12-21-11-10-20-19(21)18-14-16(23-2)8-9-17(18)15-6-4-3-5-7-15/h3-11,14H,12-13H2,1-2H3. The molecule has 0 saturated carbocycles. The maximum absolute atomic E-state index is 5.40. The van der Waals surface area contributed by atoms with Gasteiger partial charge in [-0.1, -0.05) is 30.3 Å². The lowest BCUT2D eigenvalue weighted by molar-refractivity contribution is 0.187. The summed E-state index contributed by atoms with van der Waals surface area (Å²) >= 11 is 0. The Morgan fingerprint density at radius 1 is 1.00 bits per heavy atom. The van der Waals surface area contributed by atoms with Crippen molar-refractivity contribution in [3.63, 3.8) is 0 Å². The van der Waals surface area contributed by atoms with Crippen molar-refractivity contribution in [3.8, 4) is 28.3 Å². The number of hydrogen-bond donors (Lipinski definition) is 0. The van der Waals surface area contributed by atoms with Crippen LogP contribution in [0.2, 0.25) is 0 Å². The van der Waals surface area contributed by atoms with Gasteiger partial charge in [-0.3, -0.25) is 0 Å². The molecule has 0 fully saturated rings. The van der Waals surface area contributed by atoms with E-state index in [9.17, 15) is 0 Å². The lowest BCUT2D eigenvalue weighted by atomic mass is 9.99. The summed E-state index contributed by atoms with van der Waals surface area (Å²) in [4.78, 5) is 4.55. The van der Waals surface area contributed by atoms with Crippen molar-refractivity contribution in [2.75, 3.05) is 20.8 Å². The lowest BCUT2D eigenvalue weighted by Crippen LogP contribution is -2.05. The number of ether oxygens (including phenoxy) is 2. The Morgan fingerprint density at radius 2 is 1.83 bits per heavy atom. The summed E-state index contributed by atoms with van der Waals surface area (Å²) < 4.78 is 12.7. The molecule has 0 spiro atoms. The highest BCUT2D eigenvalue weighted by atomic mass is 16.5. The second-order valence-corrected chi connectivity index (χ2v) is 5.21. The van der Waals surface area contributed by atoms with Gasteiger partial charge in [0.2, 0.25) is 0 Å². The molecule has 0 atom stereocenters. The number of rotatable bonds is 6.